The Labute approximate surface area is 102 Å². The van der Waals surface area contributed by atoms with E-state index < -0.39 is 11.7 Å². The smallest absolute Gasteiger partial charge is 0.144 e. The highest BCUT2D eigenvalue weighted by molar-refractivity contribution is 5.87. The number of fused-ring (bicyclic) bond motifs is 2. The maximum absolute atomic E-state index is 12.1. The molecule has 5 atom stereocenters. The van der Waals surface area contributed by atoms with E-state index in [0.29, 0.717) is 6.42 Å². The van der Waals surface area contributed by atoms with E-state index in [1.807, 2.05) is 39.0 Å². The fourth-order valence-electron chi connectivity index (χ4n) is 2.49. The summed E-state index contributed by atoms with van der Waals surface area (Å²) in [7, 11) is 0. The summed E-state index contributed by atoms with van der Waals surface area (Å²) in [6.07, 6.45) is 7.58. The molecule has 0 aromatic carbocycles. The molecule has 0 amide bonds. The largest absolute Gasteiger partial charge is 0.389 e. The Kier molecular flexibility index (Phi) is 3.23. The van der Waals surface area contributed by atoms with Gasteiger partial charge >= 0.3 is 0 Å². The lowest BCUT2D eigenvalue weighted by atomic mass is 9.79. The zero-order valence-corrected chi connectivity index (χ0v) is 10.6. The molecule has 1 unspecified atom stereocenters. The molecule has 2 bridgehead atoms. The van der Waals surface area contributed by atoms with Gasteiger partial charge in [-0.1, -0.05) is 32.9 Å². The quantitative estimate of drug-likeness (QED) is 0.761. The van der Waals surface area contributed by atoms with E-state index in [4.69, 9.17) is 4.74 Å². The lowest BCUT2D eigenvalue weighted by molar-refractivity contribution is -0.151. The number of carbonyl (C=O) groups is 1. The molecule has 94 valence electrons. The minimum atomic E-state index is -0.635. The second kappa shape index (κ2) is 4.39. The number of hydrogen-bond donors (Lipinski definition) is 1. The van der Waals surface area contributed by atoms with Gasteiger partial charge in [0, 0.05) is 5.92 Å². The Morgan fingerprint density at radius 3 is 2.94 bits per heavy atom. The van der Waals surface area contributed by atoms with Crippen LogP contribution in [-0.4, -0.2) is 28.7 Å². The molecule has 0 aliphatic carbocycles. The van der Waals surface area contributed by atoms with Crippen LogP contribution >= 0.6 is 0 Å². The van der Waals surface area contributed by atoms with Crippen LogP contribution in [0.2, 0.25) is 0 Å². The molecule has 17 heavy (non-hydrogen) atoms. The van der Waals surface area contributed by atoms with Crippen molar-refractivity contribution in [2.75, 3.05) is 0 Å². The molecule has 0 radical (unpaired) electrons. The predicted molar refractivity (Wildman–Crippen MR) is 65.5 cm³/mol. The molecule has 0 spiro atoms. The molecular formula is C14H20O3. The first-order valence-electron chi connectivity index (χ1n) is 6.28. The van der Waals surface area contributed by atoms with Crippen LogP contribution in [0.1, 0.15) is 27.2 Å². The third-order valence-electron chi connectivity index (χ3n) is 3.93. The van der Waals surface area contributed by atoms with Gasteiger partial charge in [-0.25, -0.2) is 0 Å². The second-order valence-electron chi connectivity index (χ2n) is 5.04. The van der Waals surface area contributed by atoms with Crippen molar-refractivity contribution < 1.29 is 14.6 Å². The van der Waals surface area contributed by atoms with Crippen molar-refractivity contribution in [1.82, 2.24) is 0 Å². The molecular weight excluding hydrogens is 216 g/mol. The van der Waals surface area contributed by atoms with Gasteiger partial charge in [0.05, 0.1) is 18.1 Å². The third kappa shape index (κ3) is 1.98. The summed E-state index contributed by atoms with van der Waals surface area (Å²) in [4.78, 5) is 12.1. The Balaban J connectivity index is 2.24. The van der Waals surface area contributed by atoms with E-state index >= 15 is 0 Å². The number of rotatable bonds is 3. The molecule has 2 rings (SSSR count). The molecule has 1 N–H and O–H groups in total. The van der Waals surface area contributed by atoms with Crippen LogP contribution in [-0.2, 0) is 9.53 Å². The minimum Gasteiger partial charge on any atom is -0.389 e. The first-order valence-corrected chi connectivity index (χ1v) is 6.28. The van der Waals surface area contributed by atoms with E-state index in [1.54, 1.807) is 6.08 Å². The summed E-state index contributed by atoms with van der Waals surface area (Å²) in [5.74, 6) is -0.0175. The van der Waals surface area contributed by atoms with Gasteiger partial charge in [0.25, 0.3) is 0 Å². The highest BCUT2D eigenvalue weighted by Crippen LogP contribution is 2.42. The number of carbonyl (C=O) groups excluding carboxylic acids is 1. The lowest BCUT2D eigenvalue weighted by Gasteiger charge is -2.39. The van der Waals surface area contributed by atoms with Gasteiger partial charge in [-0.15, -0.1) is 0 Å². The molecule has 0 aromatic heterocycles. The number of ether oxygens (including phenoxy) is 1. The first kappa shape index (κ1) is 12.5. The van der Waals surface area contributed by atoms with Crippen LogP contribution in [0.3, 0.4) is 0 Å². The summed E-state index contributed by atoms with van der Waals surface area (Å²) >= 11 is 0. The maximum atomic E-state index is 12.1. The van der Waals surface area contributed by atoms with E-state index in [0.717, 1.165) is 0 Å². The average molecular weight is 236 g/mol. The van der Waals surface area contributed by atoms with Crippen LogP contribution in [0.4, 0.5) is 0 Å². The molecule has 1 fully saturated rings. The van der Waals surface area contributed by atoms with E-state index in [9.17, 15) is 9.90 Å². The summed E-state index contributed by atoms with van der Waals surface area (Å²) in [6.45, 7) is 5.72. The highest BCUT2D eigenvalue weighted by Gasteiger charge is 2.50. The Morgan fingerprint density at radius 1 is 1.59 bits per heavy atom. The lowest BCUT2D eigenvalue weighted by Crippen LogP contribution is -2.49. The van der Waals surface area contributed by atoms with Gasteiger partial charge in [-0.05, 0) is 18.6 Å². The zero-order chi connectivity index (χ0) is 12.6. The third-order valence-corrected chi connectivity index (χ3v) is 3.93. The van der Waals surface area contributed by atoms with Crippen LogP contribution in [0.25, 0.3) is 0 Å². The van der Waals surface area contributed by atoms with Crippen molar-refractivity contribution >= 4 is 5.78 Å². The fourth-order valence-corrected chi connectivity index (χ4v) is 2.49. The average Bonchev–Trinajstić information content (AvgIpc) is 2.75. The fraction of sp³-hybridized carbons (Fsp3) is 0.643. The molecule has 2 heterocycles. The van der Waals surface area contributed by atoms with Gasteiger partial charge in [-0.3, -0.25) is 4.79 Å². The molecule has 3 nitrogen and oxygen atoms in total. The van der Waals surface area contributed by atoms with Gasteiger partial charge in [0.15, 0.2) is 0 Å². The first-order chi connectivity index (χ1) is 8.00. The van der Waals surface area contributed by atoms with E-state index in [1.165, 1.54) is 0 Å². The van der Waals surface area contributed by atoms with Gasteiger partial charge in [-0.2, -0.15) is 0 Å². The van der Waals surface area contributed by atoms with E-state index in [2.05, 4.69) is 0 Å². The van der Waals surface area contributed by atoms with Crippen molar-refractivity contribution in [3.8, 4) is 0 Å². The Bertz CT molecular complexity index is 372. The van der Waals surface area contributed by atoms with Gasteiger partial charge < -0.3 is 9.84 Å². The summed E-state index contributed by atoms with van der Waals surface area (Å²) in [6, 6.07) is 0. The van der Waals surface area contributed by atoms with Crippen molar-refractivity contribution in [1.29, 1.82) is 0 Å². The van der Waals surface area contributed by atoms with Gasteiger partial charge in [0.2, 0.25) is 0 Å². The standard InChI is InChI=1S/C14H20O3/c1-4-11(15)5-7-14-8-6-12(17-14)9(2)13(16)10(14)3/h5-12,15H,4H2,1-3H3/b7-5+/t9-,10-,11?,12+,14-/m0/s1. The van der Waals surface area contributed by atoms with Gasteiger partial charge in [0.1, 0.15) is 11.4 Å². The van der Waals surface area contributed by atoms with E-state index in [-0.39, 0.29) is 23.7 Å². The SMILES string of the molecule is CCC(O)/C=C/[C@@]12C=C[C@@H](O1)[C@H](C)C(=O)[C@@H]2C. The summed E-state index contributed by atoms with van der Waals surface area (Å²) < 4.78 is 5.94. The highest BCUT2D eigenvalue weighted by atomic mass is 16.5. The summed E-state index contributed by atoms with van der Waals surface area (Å²) in [5.41, 5.74) is -0.635. The molecule has 1 saturated heterocycles. The van der Waals surface area contributed by atoms with Crippen molar-refractivity contribution in [2.45, 2.75) is 45.0 Å². The minimum absolute atomic E-state index is 0.0682. The van der Waals surface area contributed by atoms with Crippen LogP contribution in [0.5, 0.6) is 0 Å². The molecule has 3 heteroatoms. The maximum Gasteiger partial charge on any atom is 0.144 e. The molecule has 0 aromatic rings. The molecule has 2 aliphatic rings. The number of aliphatic hydroxyl groups is 1. The Morgan fingerprint density at radius 2 is 2.29 bits per heavy atom. The molecule has 0 saturated carbocycles. The van der Waals surface area contributed by atoms with Crippen LogP contribution in [0.15, 0.2) is 24.3 Å². The summed E-state index contributed by atoms with van der Waals surface area (Å²) in [5, 5.41) is 9.56. The van der Waals surface area contributed by atoms with Crippen LogP contribution < -0.4 is 0 Å². The number of Topliss-reactive ketones (excluding diaryl/α,β-unsaturated/α-hetero) is 1. The zero-order valence-electron chi connectivity index (χ0n) is 10.6. The van der Waals surface area contributed by atoms with Crippen LogP contribution in [0, 0.1) is 11.8 Å². The number of ketones is 1. The monoisotopic (exact) mass is 236 g/mol. The second-order valence-corrected chi connectivity index (χ2v) is 5.04. The van der Waals surface area contributed by atoms with Crippen molar-refractivity contribution in [2.24, 2.45) is 11.8 Å². The van der Waals surface area contributed by atoms with Crippen molar-refractivity contribution in [3.63, 3.8) is 0 Å². The number of hydrogen-bond acceptors (Lipinski definition) is 3. The van der Waals surface area contributed by atoms with Crippen molar-refractivity contribution in [3.05, 3.63) is 24.3 Å². The Hall–Kier alpha value is -0.930. The molecule has 2 aliphatic heterocycles. The normalized spacial score (nSPS) is 42.4. The topological polar surface area (TPSA) is 46.5 Å². The predicted octanol–water partition coefficient (Wildman–Crippen LogP) is 1.86. The number of aliphatic hydroxyl groups excluding tert-OH is 1.